The van der Waals surface area contributed by atoms with Crippen molar-refractivity contribution in [3.05, 3.63) is 53.6 Å². The predicted octanol–water partition coefficient (Wildman–Crippen LogP) is 5.39. The Bertz CT molecular complexity index is 1450. The number of fused-ring (bicyclic) bond motifs is 1. The van der Waals surface area contributed by atoms with Crippen molar-refractivity contribution in [2.24, 2.45) is 5.92 Å². The minimum atomic E-state index is -4.49. The van der Waals surface area contributed by atoms with Crippen LogP contribution < -0.4 is 10.1 Å². The van der Waals surface area contributed by atoms with Gasteiger partial charge in [0, 0.05) is 44.8 Å². The summed E-state index contributed by atoms with van der Waals surface area (Å²) in [5.74, 6) is -1.57. The number of nitrogens with zero attached hydrogens (tertiary/aromatic N) is 2. The second-order valence-corrected chi connectivity index (χ2v) is 14.3. The molecule has 4 atom stereocenters. The molecule has 2 aromatic rings. The molecule has 262 valence electrons. The maximum Gasteiger partial charge on any atom is 0.389 e. The number of ether oxygens (including phenoxy) is 2. The van der Waals surface area contributed by atoms with Gasteiger partial charge in [0.1, 0.15) is 5.75 Å². The van der Waals surface area contributed by atoms with Crippen molar-refractivity contribution in [1.29, 1.82) is 0 Å². The number of hydrogen-bond donors (Lipinski definition) is 2. The van der Waals surface area contributed by atoms with E-state index in [0.717, 1.165) is 12.0 Å². The minimum absolute atomic E-state index is 0.0110. The number of amides is 2. The number of carbonyl (C=O) groups excluding carboxylic acids is 2. The molecule has 0 spiro atoms. The molecule has 1 heterocycles. The lowest BCUT2D eigenvalue weighted by molar-refractivity contribution is -0.142. The van der Waals surface area contributed by atoms with Crippen LogP contribution in [0.2, 0.25) is 0 Å². The van der Waals surface area contributed by atoms with Gasteiger partial charge in [0.05, 0.1) is 41.7 Å². The Balaban J connectivity index is 1.94. The highest BCUT2D eigenvalue weighted by atomic mass is 32.2. The predicted molar refractivity (Wildman–Crippen MR) is 172 cm³/mol. The third-order valence-corrected chi connectivity index (χ3v) is 9.97. The molecule has 47 heavy (non-hydrogen) atoms. The summed E-state index contributed by atoms with van der Waals surface area (Å²) in [6, 6.07) is 10.2. The number of likely N-dealkylation sites (N-methyl/N-ethyl adjacent to an activating group) is 1. The van der Waals surface area contributed by atoms with Crippen LogP contribution >= 0.6 is 0 Å². The molecule has 0 saturated carbocycles. The van der Waals surface area contributed by atoms with E-state index in [0.29, 0.717) is 19.4 Å². The van der Waals surface area contributed by atoms with Gasteiger partial charge in [-0.2, -0.15) is 17.5 Å². The smallest absolute Gasteiger partial charge is 0.389 e. The first-order chi connectivity index (χ1) is 22.0. The van der Waals surface area contributed by atoms with Gasteiger partial charge >= 0.3 is 6.18 Å². The van der Waals surface area contributed by atoms with Crippen molar-refractivity contribution in [3.63, 3.8) is 0 Å². The van der Waals surface area contributed by atoms with E-state index in [1.54, 1.807) is 31.2 Å². The van der Waals surface area contributed by atoms with Crippen molar-refractivity contribution in [1.82, 2.24) is 9.21 Å². The Kier molecular flexibility index (Phi) is 13.6. The molecule has 0 saturated heterocycles. The van der Waals surface area contributed by atoms with Gasteiger partial charge in [-0.05, 0) is 70.4 Å². The molecule has 3 rings (SSSR count). The molecular weight excluding hydrogens is 639 g/mol. The van der Waals surface area contributed by atoms with E-state index >= 15 is 0 Å². The molecule has 0 aliphatic carbocycles. The molecule has 0 radical (unpaired) electrons. The molecule has 0 aromatic heterocycles. The highest BCUT2D eigenvalue weighted by Gasteiger charge is 2.33. The van der Waals surface area contributed by atoms with E-state index in [9.17, 15) is 36.3 Å². The topological polar surface area (TPSA) is 125 Å². The number of nitrogens with one attached hydrogen (secondary N) is 1. The molecule has 14 heteroatoms. The van der Waals surface area contributed by atoms with Crippen molar-refractivity contribution in [2.75, 3.05) is 38.7 Å². The largest absolute Gasteiger partial charge is 0.490 e. The van der Waals surface area contributed by atoms with Crippen LogP contribution in [0.5, 0.6) is 5.75 Å². The Morgan fingerprint density at radius 2 is 1.83 bits per heavy atom. The van der Waals surface area contributed by atoms with Crippen LogP contribution in [0.15, 0.2) is 47.4 Å². The Morgan fingerprint density at radius 1 is 1.15 bits per heavy atom. The van der Waals surface area contributed by atoms with Crippen LogP contribution in [0.25, 0.3) is 0 Å². The summed E-state index contributed by atoms with van der Waals surface area (Å²) in [6.07, 6.45) is -5.46. The lowest BCUT2D eigenvalue weighted by atomic mass is 10.0. The molecule has 10 nitrogen and oxygen atoms in total. The van der Waals surface area contributed by atoms with Crippen LogP contribution in [-0.4, -0.2) is 92.3 Å². The van der Waals surface area contributed by atoms with Crippen LogP contribution in [0.1, 0.15) is 68.8 Å². The first-order valence-corrected chi connectivity index (χ1v) is 17.2. The van der Waals surface area contributed by atoms with Crippen molar-refractivity contribution in [2.45, 2.75) is 89.1 Å². The number of halogens is 3. The van der Waals surface area contributed by atoms with Crippen LogP contribution in [0.4, 0.5) is 18.9 Å². The average Bonchev–Trinajstić information content (AvgIpc) is 3.01. The Labute approximate surface area is 275 Å². The van der Waals surface area contributed by atoms with Crippen molar-refractivity contribution in [3.8, 4) is 5.75 Å². The van der Waals surface area contributed by atoms with E-state index in [1.165, 1.54) is 34.5 Å². The standard InChI is InChI=1S/C33H46F3N3O7S/c1-22-9-12-27(13-10-22)47(43,44)38(5)20-30-23(2)19-39(24(3)21-40)32(42)28-18-26(37-31(41)15-16-33(34,35)36)11-14-29(28)46-25(4)8-6-7-17-45-30/h9-14,18,23-25,30,40H,6-8,15-17,19-21H2,1-5H3,(H,37,41)/t23-,24+,25-,30+/m0/s1. The summed E-state index contributed by atoms with van der Waals surface area (Å²) < 4.78 is 78.4. The fourth-order valence-corrected chi connectivity index (χ4v) is 6.37. The lowest BCUT2D eigenvalue weighted by Gasteiger charge is -2.35. The third kappa shape index (κ3) is 11.2. The van der Waals surface area contributed by atoms with E-state index in [1.807, 2.05) is 20.8 Å². The molecule has 2 aromatic carbocycles. The third-order valence-electron chi connectivity index (χ3n) is 8.14. The van der Waals surface area contributed by atoms with Crippen LogP contribution in [0.3, 0.4) is 0 Å². The molecule has 1 aliphatic heterocycles. The van der Waals surface area contributed by atoms with Crippen LogP contribution in [0, 0.1) is 12.8 Å². The fraction of sp³-hybridized carbons (Fsp3) is 0.576. The maximum absolute atomic E-state index is 14.2. The van der Waals surface area contributed by atoms with Gasteiger partial charge < -0.3 is 24.8 Å². The number of aliphatic hydroxyl groups is 1. The SMILES string of the molecule is Cc1ccc(S(=O)(=O)N(C)C[C@H]2OCCCC[C@H](C)Oc3ccc(NC(=O)CCC(F)(F)F)cc3C(=O)N([C@H](C)CO)C[C@@H]2C)cc1. The zero-order valence-corrected chi connectivity index (χ0v) is 28.4. The van der Waals surface area contributed by atoms with E-state index in [-0.39, 0.29) is 47.7 Å². The number of sulfonamides is 1. The number of rotatable bonds is 9. The molecule has 1 aliphatic rings. The quantitative estimate of drug-likeness (QED) is 0.363. The molecule has 2 amide bonds. The van der Waals surface area contributed by atoms with Gasteiger partial charge in [0.25, 0.3) is 5.91 Å². The van der Waals surface area contributed by atoms with Gasteiger partial charge in [0.15, 0.2) is 0 Å². The van der Waals surface area contributed by atoms with E-state index in [2.05, 4.69) is 5.32 Å². The van der Waals surface area contributed by atoms with Gasteiger partial charge in [0.2, 0.25) is 15.9 Å². The van der Waals surface area contributed by atoms with E-state index in [4.69, 9.17) is 9.47 Å². The summed E-state index contributed by atoms with van der Waals surface area (Å²) in [5.41, 5.74) is 1.11. The fourth-order valence-electron chi connectivity index (χ4n) is 5.18. The summed E-state index contributed by atoms with van der Waals surface area (Å²) in [7, 11) is -2.36. The summed E-state index contributed by atoms with van der Waals surface area (Å²) in [5, 5.41) is 12.6. The van der Waals surface area contributed by atoms with Gasteiger partial charge in [-0.15, -0.1) is 0 Å². The van der Waals surface area contributed by atoms with E-state index < -0.39 is 58.9 Å². The van der Waals surface area contributed by atoms with Gasteiger partial charge in [-0.25, -0.2) is 8.42 Å². The zero-order chi connectivity index (χ0) is 34.9. The average molecular weight is 686 g/mol. The highest BCUT2D eigenvalue weighted by molar-refractivity contribution is 7.89. The summed E-state index contributed by atoms with van der Waals surface area (Å²) in [6.45, 7) is 7.26. The molecule has 0 unspecified atom stereocenters. The maximum atomic E-state index is 14.2. The first kappa shape index (κ1) is 38.2. The highest BCUT2D eigenvalue weighted by Crippen LogP contribution is 2.29. The number of hydrogen-bond acceptors (Lipinski definition) is 7. The zero-order valence-electron chi connectivity index (χ0n) is 27.5. The minimum Gasteiger partial charge on any atom is -0.490 e. The second kappa shape index (κ2) is 16.8. The molecule has 2 N–H and O–H groups in total. The second-order valence-electron chi connectivity index (χ2n) is 12.3. The number of aryl methyl sites for hydroxylation is 1. The Morgan fingerprint density at radius 3 is 2.47 bits per heavy atom. The molecule has 0 bridgehead atoms. The first-order valence-electron chi connectivity index (χ1n) is 15.8. The van der Waals surface area contributed by atoms with Crippen molar-refractivity contribution < 1.29 is 45.8 Å². The van der Waals surface area contributed by atoms with Gasteiger partial charge in [-0.3, -0.25) is 9.59 Å². The number of alkyl halides is 3. The normalized spacial score (nSPS) is 21.0. The Hall–Kier alpha value is -3.20. The number of carbonyl (C=O) groups is 2. The van der Waals surface area contributed by atoms with Crippen LogP contribution in [-0.2, 0) is 19.6 Å². The number of aliphatic hydroxyl groups excluding tert-OH is 1. The molecular formula is C33H46F3N3O7S. The summed E-state index contributed by atoms with van der Waals surface area (Å²) in [4.78, 5) is 28.0. The number of benzene rings is 2. The van der Waals surface area contributed by atoms with Crippen molar-refractivity contribution >= 4 is 27.5 Å². The summed E-state index contributed by atoms with van der Waals surface area (Å²) >= 11 is 0. The molecule has 0 fully saturated rings. The monoisotopic (exact) mass is 685 g/mol. The van der Waals surface area contributed by atoms with Gasteiger partial charge in [-0.1, -0.05) is 24.6 Å². The lowest BCUT2D eigenvalue weighted by Crippen LogP contribution is -2.48. The number of anilines is 1.